The van der Waals surface area contributed by atoms with Gasteiger partial charge in [-0.05, 0) is 37.3 Å². The number of carbonyl (C=O) groups excluding carboxylic acids is 1. The van der Waals surface area contributed by atoms with Gasteiger partial charge in [-0.15, -0.1) is 0 Å². The molecule has 0 aliphatic rings. The summed E-state index contributed by atoms with van der Waals surface area (Å²) in [6.07, 6.45) is 3.89. The standard InChI is InChI=1S/C19H17N5O3S/c1-2-26-13-3-4-14-15(11-13)28-19(21-14)22-16(25)5-6-17-23-18(24-27-17)12-7-9-20-10-8-12/h3-4,7-11H,2,5-6H2,1H3,(H,21,22,25). The molecule has 1 N–H and O–H groups in total. The van der Waals surface area contributed by atoms with Gasteiger partial charge < -0.3 is 14.6 Å². The minimum absolute atomic E-state index is 0.159. The topological polar surface area (TPSA) is 103 Å². The lowest BCUT2D eigenvalue weighted by Crippen LogP contribution is -2.12. The van der Waals surface area contributed by atoms with E-state index in [9.17, 15) is 4.79 Å². The molecule has 3 aromatic heterocycles. The van der Waals surface area contributed by atoms with E-state index < -0.39 is 0 Å². The number of anilines is 1. The fraction of sp³-hybridized carbons (Fsp3) is 0.211. The summed E-state index contributed by atoms with van der Waals surface area (Å²) in [6.45, 7) is 2.54. The molecule has 0 bridgehead atoms. The lowest BCUT2D eigenvalue weighted by atomic mass is 10.2. The summed E-state index contributed by atoms with van der Waals surface area (Å²) in [5.74, 6) is 1.52. The fourth-order valence-electron chi connectivity index (χ4n) is 2.59. The van der Waals surface area contributed by atoms with Gasteiger partial charge in [0.25, 0.3) is 0 Å². The molecule has 4 rings (SSSR count). The highest BCUT2D eigenvalue weighted by Crippen LogP contribution is 2.29. The van der Waals surface area contributed by atoms with Crippen LogP contribution in [0.5, 0.6) is 5.75 Å². The molecular formula is C19H17N5O3S. The van der Waals surface area contributed by atoms with Gasteiger partial charge in [-0.25, -0.2) is 4.98 Å². The summed E-state index contributed by atoms with van der Waals surface area (Å²) < 4.78 is 11.7. The van der Waals surface area contributed by atoms with E-state index in [1.807, 2.05) is 25.1 Å². The van der Waals surface area contributed by atoms with Gasteiger partial charge in [-0.3, -0.25) is 9.78 Å². The Morgan fingerprint density at radius 2 is 2.07 bits per heavy atom. The van der Waals surface area contributed by atoms with Crippen LogP contribution in [0.2, 0.25) is 0 Å². The zero-order valence-corrected chi connectivity index (χ0v) is 15.9. The van der Waals surface area contributed by atoms with Crippen molar-refractivity contribution in [1.29, 1.82) is 0 Å². The zero-order valence-electron chi connectivity index (χ0n) is 15.1. The first kappa shape index (κ1) is 18.1. The van der Waals surface area contributed by atoms with Gasteiger partial charge in [0.2, 0.25) is 17.6 Å². The number of carbonyl (C=O) groups is 1. The van der Waals surface area contributed by atoms with Crippen molar-refractivity contribution in [2.24, 2.45) is 0 Å². The Morgan fingerprint density at radius 3 is 2.89 bits per heavy atom. The van der Waals surface area contributed by atoms with E-state index in [0.29, 0.717) is 29.9 Å². The predicted molar refractivity (Wildman–Crippen MR) is 105 cm³/mol. The molecule has 1 aromatic carbocycles. The highest BCUT2D eigenvalue weighted by molar-refractivity contribution is 7.22. The van der Waals surface area contributed by atoms with Gasteiger partial charge in [-0.2, -0.15) is 4.98 Å². The van der Waals surface area contributed by atoms with E-state index >= 15 is 0 Å². The van der Waals surface area contributed by atoms with Gasteiger partial charge in [0.1, 0.15) is 5.75 Å². The van der Waals surface area contributed by atoms with Crippen LogP contribution in [-0.4, -0.2) is 32.6 Å². The monoisotopic (exact) mass is 395 g/mol. The number of rotatable bonds is 7. The van der Waals surface area contributed by atoms with Gasteiger partial charge in [0, 0.05) is 30.8 Å². The molecule has 0 unspecified atom stereocenters. The Bertz CT molecular complexity index is 1090. The van der Waals surface area contributed by atoms with Crippen LogP contribution < -0.4 is 10.1 Å². The maximum absolute atomic E-state index is 12.2. The third-order valence-electron chi connectivity index (χ3n) is 3.89. The first-order valence-corrected chi connectivity index (χ1v) is 9.59. The van der Waals surface area contributed by atoms with Gasteiger partial charge >= 0.3 is 0 Å². The molecule has 1 amide bonds. The predicted octanol–water partition coefficient (Wildman–Crippen LogP) is 3.71. The summed E-state index contributed by atoms with van der Waals surface area (Å²) in [5.41, 5.74) is 1.64. The van der Waals surface area contributed by atoms with E-state index in [1.165, 1.54) is 11.3 Å². The van der Waals surface area contributed by atoms with Crippen LogP contribution >= 0.6 is 11.3 Å². The Kier molecular flexibility index (Phi) is 5.24. The number of nitrogens with zero attached hydrogens (tertiary/aromatic N) is 4. The Balaban J connectivity index is 1.36. The molecule has 9 heteroatoms. The zero-order chi connectivity index (χ0) is 19.3. The van der Waals surface area contributed by atoms with Crippen LogP contribution in [0, 0.1) is 0 Å². The lowest BCUT2D eigenvalue weighted by Gasteiger charge is -2.00. The van der Waals surface area contributed by atoms with E-state index in [1.54, 1.807) is 24.5 Å². The molecule has 3 heterocycles. The van der Waals surface area contributed by atoms with Crippen molar-refractivity contribution in [2.75, 3.05) is 11.9 Å². The molecule has 0 atom stereocenters. The fourth-order valence-corrected chi connectivity index (χ4v) is 3.50. The van der Waals surface area contributed by atoms with Crippen molar-refractivity contribution in [3.63, 3.8) is 0 Å². The van der Waals surface area contributed by atoms with Crippen LogP contribution in [0.1, 0.15) is 19.2 Å². The number of amides is 1. The summed E-state index contributed by atoms with van der Waals surface area (Å²) in [5, 5.41) is 7.31. The SMILES string of the molecule is CCOc1ccc2nc(NC(=O)CCc3nc(-c4ccncc4)no3)sc2c1. The lowest BCUT2D eigenvalue weighted by molar-refractivity contribution is -0.116. The number of nitrogens with one attached hydrogen (secondary N) is 1. The normalized spacial score (nSPS) is 10.9. The van der Waals surface area contributed by atoms with Crippen LogP contribution in [0.25, 0.3) is 21.6 Å². The molecule has 0 saturated carbocycles. The van der Waals surface area contributed by atoms with E-state index in [0.717, 1.165) is 21.5 Å². The van der Waals surface area contributed by atoms with Crippen molar-refractivity contribution in [3.05, 3.63) is 48.6 Å². The third-order valence-corrected chi connectivity index (χ3v) is 4.82. The Hall–Kier alpha value is -3.33. The van der Waals surface area contributed by atoms with E-state index in [4.69, 9.17) is 9.26 Å². The third kappa shape index (κ3) is 4.15. The number of hydrogen-bond donors (Lipinski definition) is 1. The van der Waals surface area contributed by atoms with Crippen molar-refractivity contribution in [3.8, 4) is 17.1 Å². The minimum atomic E-state index is -0.159. The van der Waals surface area contributed by atoms with Crippen molar-refractivity contribution >= 4 is 32.6 Å². The average Bonchev–Trinajstić information content (AvgIpc) is 3.33. The highest BCUT2D eigenvalue weighted by Gasteiger charge is 2.12. The molecule has 4 aromatic rings. The largest absolute Gasteiger partial charge is 0.494 e. The van der Waals surface area contributed by atoms with Crippen LogP contribution in [-0.2, 0) is 11.2 Å². The summed E-state index contributed by atoms with van der Waals surface area (Å²) in [7, 11) is 0. The minimum Gasteiger partial charge on any atom is -0.494 e. The molecule has 0 aliphatic carbocycles. The summed E-state index contributed by atoms with van der Waals surface area (Å²) in [6, 6.07) is 9.26. The Morgan fingerprint density at radius 1 is 1.21 bits per heavy atom. The second-order valence-corrected chi connectivity index (χ2v) is 6.91. The number of ether oxygens (including phenoxy) is 1. The quantitative estimate of drug-likeness (QED) is 0.509. The number of aryl methyl sites for hydroxylation is 1. The maximum Gasteiger partial charge on any atom is 0.227 e. The number of fused-ring (bicyclic) bond motifs is 1. The molecule has 28 heavy (non-hydrogen) atoms. The smallest absolute Gasteiger partial charge is 0.227 e. The maximum atomic E-state index is 12.2. The van der Waals surface area contributed by atoms with E-state index in [2.05, 4.69) is 25.4 Å². The molecule has 0 fully saturated rings. The van der Waals surface area contributed by atoms with Crippen LogP contribution in [0.3, 0.4) is 0 Å². The summed E-state index contributed by atoms with van der Waals surface area (Å²) in [4.78, 5) is 24.9. The van der Waals surface area contributed by atoms with Crippen LogP contribution in [0.15, 0.2) is 47.2 Å². The van der Waals surface area contributed by atoms with Gasteiger partial charge in [0.15, 0.2) is 5.13 Å². The average molecular weight is 395 g/mol. The first-order chi connectivity index (χ1) is 13.7. The molecule has 142 valence electrons. The molecule has 0 spiro atoms. The van der Waals surface area contributed by atoms with Gasteiger partial charge in [0.05, 0.1) is 16.8 Å². The molecule has 0 aliphatic heterocycles. The molecule has 0 radical (unpaired) electrons. The number of aromatic nitrogens is 4. The van der Waals surface area contributed by atoms with Crippen molar-refractivity contribution < 1.29 is 14.1 Å². The number of pyridine rings is 1. The number of benzene rings is 1. The number of hydrogen-bond acceptors (Lipinski definition) is 8. The first-order valence-electron chi connectivity index (χ1n) is 8.77. The van der Waals surface area contributed by atoms with Crippen LogP contribution in [0.4, 0.5) is 5.13 Å². The molecule has 0 saturated heterocycles. The van der Waals surface area contributed by atoms with Crippen molar-refractivity contribution in [2.45, 2.75) is 19.8 Å². The van der Waals surface area contributed by atoms with Crippen molar-refractivity contribution in [1.82, 2.24) is 20.1 Å². The number of thiazole rings is 1. The second-order valence-electron chi connectivity index (χ2n) is 5.88. The highest BCUT2D eigenvalue weighted by atomic mass is 32.1. The van der Waals surface area contributed by atoms with E-state index in [-0.39, 0.29) is 12.3 Å². The Labute approximate surface area is 164 Å². The second kappa shape index (κ2) is 8.13. The van der Waals surface area contributed by atoms with Gasteiger partial charge in [-0.1, -0.05) is 16.5 Å². The molecule has 8 nitrogen and oxygen atoms in total. The summed E-state index contributed by atoms with van der Waals surface area (Å²) >= 11 is 1.41. The molecular weight excluding hydrogens is 378 g/mol.